The molecule has 3 heterocycles. The Kier molecular flexibility index (Phi) is 4.89. The van der Waals surface area contributed by atoms with Crippen LogP contribution in [0.1, 0.15) is 44.4 Å². The lowest BCUT2D eigenvalue weighted by molar-refractivity contribution is -0.133. The van der Waals surface area contributed by atoms with Crippen molar-refractivity contribution in [1.29, 1.82) is 0 Å². The third-order valence-electron chi connectivity index (χ3n) is 4.73. The minimum Gasteiger partial charge on any atom is -0.472 e. The van der Waals surface area contributed by atoms with Gasteiger partial charge in [0.05, 0.1) is 31.2 Å². The third kappa shape index (κ3) is 3.81. The van der Waals surface area contributed by atoms with Gasteiger partial charge in [0, 0.05) is 43.2 Å². The zero-order chi connectivity index (χ0) is 18.9. The number of rotatable bonds is 5. The van der Waals surface area contributed by atoms with E-state index in [2.05, 4.69) is 10.4 Å². The molecule has 2 aromatic heterocycles. The number of aryl methyl sites for hydroxylation is 1. The van der Waals surface area contributed by atoms with Gasteiger partial charge in [-0.05, 0) is 32.4 Å². The van der Waals surface area contributed by atoms with Crippen LogP contribution in [0.2, 0.25) is 0 Å². The zero-order valence-electron chi connectivity index (χ0n) is 15.7. The van der Waals surface area contributed by atoms with Gasteiger partial charge in [0.25, 0.3) is 0 Å². The minimum atomic E-state index is -0.298. The summed E-state index contributed by atoms with van der Waals surface area (Å²) in [6.45, 7) is 6.56. The maximum atomic E-state index is 12.7. The van der Waals surface area contributed by atoms with Gasteiger partial charge >= 0.3 is 0 Å². The molecule has 0 spiro atoms. The average molecular weight is 358 g/mol. The fraction of sp³-hybridized carbons (Fsp3) is 0.526. The van der Waals surface area contributed by atoms with Crippen LogP contribution in [0.3, 0.4) is 0 Å². The van der Waals surface area contributed by atoms with Crippen LogP contribution in [-0.4, -0.2) is 38.6 Å². The van der Waals surface area contributed by atoms with Crippen molar-refractivity contribution in [1.82, 2.24) is 20.0 Å². The third-order valence-corrected chi connectivity index (χ3v) is 4.73. The van der Waals surface area contributed by atoms with Gasteiger partial charge in [-0.2, -0.15) is 5.10 Å². The molecule has 0 saturated carbocycles. The van der Waals surface area contributed by atoms with Crippen molar-refractivity contribution in [2.24, 2.45) is 13.0 Å². The van der Waals surface area contributed by atoms with E-state index in [0.717, 1.165) is 11.1 Å². The molecule has 0 unspecified atom stereocenters. The highest BCUT2D eigenvalue weighted by Gasteiger charge is 2.45. The van der Waals surface area contributed by atoms with Crippen LogP contribution in [0.15, 0.2) is 35.4 Å². The van der Waals surface area contributed by atoms with Gasteiger partial charge in [-0.1, -0.05) is 0 Å². The summed E-state index contributed by atoms with van der Waals surface area (Å²) >= 11 is 0. The molecule has 1 N–H and O–H groups in total. The van der Waals surface area contributed by atoms with Gasteiger partial charge in [0.1, 0.15) is 0 Å². The second-order valence-corrected chi connectivity index (χ2v) is 7.90. The summed E-state index contributed by atoms with van der Waals surface area (Å²) in [4.78, 5) is 26.8. The Morgan fingerprint density at radius 3 is 2.77 bits per heavy atom. The van der Waals surface area contributed by atoms with Crippen molar-refractivity contribution >= 4 is 11.8 Å². The first-order valence-electron chi connectivity index (χ1n) is 8.84. The topological polar surface area (TPSA) is 80.4 Å². The van der Waals surface area contributed by atoms with E-state index in [-0.39, 0.29) is 35.7 Å². The maximum Gasteiger partial charge on any atom is 0.224 e. The highest BCUT2D eigenvalue weighted by atomic mass is 16.3. The fourth-order valence-corrected chi connectivity index (χ4v) is 3.68. The molecular formula is C19H26N4O3. The van der Waals surface area contributed by atoms with E-state index in [4.69, 9.17) is 4.42 Å². The lowest BCUT2D eigenvalue weighted by Crippen LogP contribution is -2.44. The van der Waals surface area contributed by atoms with Crippen LogP contribution >= 0.6 is 0 Å². The molecule has 1 fully saturated rings. The number of furan rings is 1. The Hall–Kier alpha value is -2.57. The van der Waals surface area contributed by atoms with E-state index in [1.54, 1.807) is 23.3 Å². The standard InChI is InChI=1S/C19H26N4O3/c1-19(2,3)23-17(25)8-14(18(23)15-10-21-22(4)11-15)9-20-16(24)7-13-5-6-26-12-13/h5-6,10-12,14,18H,7-9H2,1-4H3,(H,20,24)/t14-,18+/m1/s1. The van der Waals surface area contributed by atoms with E-state index < -0.39 is 0 Å². The molecule has 1 saturated heterocycles. The molecule has 1 aliphatic heterocycles. The van der Waals surface area contributed by atoms with Gasteiger partial charge in [0.2, 0.25) is 11.8 Å². The molecule has 0 bridgehead atoms. The first kappa shape index (κ1) is 18.2. The first-order chi connectivity index (χ1) is 12.3. The van der Waals surface area contributed by atoms with Gasteiger partial charge < -0.3 is 14.6 Å². The van der Waals surface area contributed by atoms with Crippen LogP contribution in [0.5, 0.6) is 0 Å². The summed E-state index contributed by atoms with van der Waals surface area (Å²) in [5, 5.41) is 7.24. The lowest BCUT2D eigenvalue weighted by Gasteiger charge is -2.38. The molecular weight excluding hydrogens is 332 g/mol. The van der Waals surface area contributed by atoms with Gasteiger partial charge in [-0.25, -0.2) is 0 Å². The Morgan fingerprint density at radius 2 is 2.19 bits per heavy atom. The molecule has 2 aromatic rings. The number of aromatic nitrogens is 2. The Balaban J connectivity index is 1.74. The number of carbonyl (C=O) groups excluding carboxylic acids is 2. The molecule has 140 valence electrons. The average Bonchev–Trinajstić information content (AvgIpc) is 3.24. The van der Waals surface area contributed by atoms with Gasteiger partial charge in [-0.15, -0.1) is 0 Å². The van der Waals surface area contributed by atoms with E-state index in [9.17, 15) is 9.59 Å². The molecule has 2 atom stereocenters. The molecule has 0 aromatic carbocycles. The van der Waals surface area contributed by atoms with Crippen LogP contribution < -0.4 is 5.32 Å². The molecule has 7 nitrogen and oxygen atoms in total. The smallest absolute Gasteiger partial charge is 0.224 e. The fourth-order valence-electron chi connectivity index (χ4n) is 3.68. The number of hydrogen-bond acceptors (Lipinski definition) is 4. The zero-order valence-corrected chi connectivity index (χ0v) is 15.7. The Morgan fingerprint density at radius 1 is 1.42 bits per heavy atom. The van der Waals surface area contributed by atoms with Crippen molar-refractivity contribution in [3.05, 3.63) is 42.1 Å². The van der Waals surface area contributed by atoms with E-state index in [1.807, 2.05) is 45.1 Å². The van der Waals surface area contributed by atoms with Crippen molar-refractivity contribution < 1.29 is 14.0 Å². The molecule has 0 radical (unpaired) electrons. The maximum absolute atomic E-state index is 12.7. The second-order valence-electron chi connectivity index (χ2n) is 7.90. The summed E-state index contributed by atoms with van der Waals surface area (Å²) in [6.07, 6.45) is 7.57. The quantitative estimate of drug-likeness (QED) is 0.887. The van der Waals surface area contributed by atoms with E-state index in [0.29, 0.717) is 13.0 Å². The summed E-state index contributed by atoms with van der Waals surface area (Å²) in [5.41, 5.74) is 1.54. The van der Waals surface area contributed by atoms with Crippen LogP contribution in [0, 0.1) is 5.92 Å². The van der Waals surface area contributed by atoms with Crippen LogP contribution in [0.25, 0.3) is 0 Å². The van der Waals surface area contributed by atoms with Crippen molar-refractivity contribution in [2.45, 2.75) is 45.2 Å². The summed E-state index contributed by atoms with van der Waals surface area (Å²) in [6, 6.07) is 1.68. The molecule has 1 aliphatic rings. The predicted molar refractivity (Wildman–Crippen MR) is 96.1 cm³/mol. The number of amides is 2. The predicted octanol–water partition coefficient (Wildman–Crippen LogP) is 2.06. The lowest BCUT2D eigenvalue weighted by atomic mass is 9.93. The van der Waals surface area contributed by atoms with Crippen molar-refractivity contribution in [3.63, 3.8) is 0 Å². The molecule has 3 rings (SSSR count). The van der Waals surface area contributed by atoms with E-state index >= 15 is 0 Å². The first-order valence-corrected chi connectivity index (χ1v) is 8.84. The van der Waals surface area contributed by atoms with Gasteiger partial charge in [-0.3, -0.25) is 14.3 Å². The Bertz CT molecular complexity index is 773. The summed E-state index contributed by atoms with van der Waals surface area (Å²) in [5.74, 6) is 0.0534. The Labute approximate surface area is 153 Å². The number of nitrogens with one attached hydrogen (secondary N) is 1. The van der Waals surface area contributed by atoms with Crippen molar-refractivity contribution in [3.8, 4) is 0 Å². The molecule has 0 aliphatic carbocycles. The highest BCUT2D eigenvalue weighted by Crippen LogP contribution is 2.41. The minimum absolute atomic E-state index is 0.0132. The normalized spacial score (nSPS) is 20.6. The molecule has 7 heteroatoms. The number of carbonyl (C=O) groups is 2. The molecule has 26 heavy (non-hydrogen) atoms. The van der Waals surface area contributed by atoms with Crippen molar-refractivity contribution in [2.75, 3.05) is 6.54 Å². The van der Waals surface area contributed by atoms with Gasteiger partial charge in [0.15, 0.2) is 0 Å². The molecule has 2 amide bonds. The second kappa shape index (κ2) is 6.97. The summed E-state index contributed by atoms with van der Waals surface area (Å²) < 4.78 is 6.74. The SMILES string of the molecule is Cn1cc([C@@H]2[C@@H](CNC(=O)Cc3ccoc3)CC(=O)N2C(C)(C)C)cn1. The van der Waals surface area contributed by atoms with Crippen LogP contribution in [-0.2, 0) is 23.1 Å². The number of likely N-dealkylation sites (tertiary alicyclic amines) is 1. The van der Waals surface area contributed by atoms with E-state index in [1.165, 1.54) is 0 Å². The largest absolute Gasteiger partial charge is 0.472 e. The van der Waals surface area contributed by atoms with Crippen LogP contribution in [0.4, 0.5) is 0 Å². The monoisotopic (exact) mass is 358 g/mol. The summed E-state index contributed by atoms with van der Waals surface area (Å²) in [7, 11) is 1.86. The highest BCUT2D eigenvalue weighted by molar-refractivity contribution is 5.81. The number of nitrogens with zero attached hydrogens (tertiary/aromatic N) is 3. The number of hydrogen-bond donors (Lipinski definition) is 1.